The number of hydrogen-bond donors (Lipinski definition) is 2. The second-order valence-corrected chi connectivity index (χ2v) is 6.63. The average molecular weight is 285 g/mol. The summed E-state index contributed by atoms with van der Waals surface area (Å²) in [5.74, 6) is -1.24. The van der Waals surface area contributed by atoms with Crippen LogP contribution >= 0.6 is 7.52 Å². The van der Waals surface area contributed by atoms with E-state index in [1.807, 2.05) is 0 Å². The summed E-state index contributed by atoms with van der Waals surface area (Å²) < 4.78 is 18.2. The summed E-state index contributed by atoms with van der Waals surface area (Å²) in [7, 11) is -3.37. The predicted octanol–water partition coefficient (Wildman–Crippen LogP) is 2.24. The minimum atomic E-state index is -3.37. The molecule has 19 heavy (non-hydrogen) atoms. The summed E-state index contributed by atoms with van der Waals surface area (Å²) in [5.41, 5.74) is 0. The van der Waals surface area contributed by atoms with Crippen molar-refractivity contribution in [1.29, 1.82) is 0 Å². The van der Waals surface area contributed by atoms with Crippen molar-refractivity contribution in [3.63, 3.8) is 0 Å². The maximum atomic E-state index is 12.8. The lowest BCUT2D eigenvalue weighted by Gasteiger charge is -2.25. The van der Waals surface area contributed by atoms with E-state index in [1.165, 1.54) is 0 Å². The van der Waals surface area contributed by atoms with Crippen LogP contribution < -0.4 is 10.4 Å². The van der Waals surface area contributed by atoms with Crippen LogP contribution in [0.3, 0.4) is 0 Å². The van der Waals surface area contributed by atoms with E-state index in [9.17, 15) is 14.5 Å². The van der Waals surface area contributed by atoms with Crippen LogP contribution in [0.1, 0.15) is 20.8 Å². The highest BCUT2D eigenvalue weighted by Gasteiger charge is 2.33. The van der Waals surface area contributed by atoms with Crippen molar-refractivity contribution in [2.24, 2.45) is 5.92 Å². The van der Waals surface area contributed by atoms with Crippen LogP contribution in [0.25, 0.3) is 0 Å². The van der Waals surface area contributed by atoms with Gasteiger partial charge in [0.2, 0.25) is 0 Å². The third-order valence-corrected chi connectivity index (χ3v) is 4.87. The zero-order valence-corrected chi connectivity index (χ0v) is 12.3. The van der Waals surface area contributed by atoms with Gasteiger partial charge in [-0.1, -0.05) is 32.0 Å². The van der Waals surface area contributed by atoms with Gasteiger partial charge in [-0.05, 0) is 25.0 Å². The van der Waals surface area contributed by atoms with E-state index in [0.717, 1.165) is 0 Å². The van der Waals surface area contributed by atoms with Gasteiger partial charge in [0, 0.05) is 0 Å². The molecule has 106 valence electrons. The molecule has 0 saturated heterocycles. The number of rotatable bonds is 7. The Morgan fingerprint density at radius 2 is 1.95 bits per heavy atom. The first kappa shape index (κ1) is 15.9. The molecule has 0 heterocycles. The van der Waals surface area contributed by atoms with Gasteiger partial charge in [0.05, 0.1) is 11.9 Å². The molecule has 0 amide bonds. The van der Waals surface area contributed by atoms with Crippen molar-refractivity contribution in [2.45, 2.75) is 26.8 Å². The van der Waals surface area contributed by atoms with Crippen LogP contribution in [0, 0.1) is 5.92 Å². The Morgan fingerprint density at radius 3 is 2.37 bits per heavy atom. The summed E-state index contributed by atoms with van der Waals surface area (Å²) >= 11 is 0. The van der Waals surface area contributed by atoms with Gasteiger partial charge < -0.3 is 9.63 Å². The molecule has 5 nitrogen and oxygen atoms in total. The van der Waals surface area contributed by atoms with Crippen molar-refractivity contribution < 1.29 is 19.0 Å². The number of carbonyl (C=O) groups is 1. The predicted molar refractivity (Wildman–Crippen MR) is 74.7 cm³/mol. The molecule has 0 radical (unpaired) electrons. The van der Waals surface area contributed by atoms with Gasteiger partial charge in [-0.15, -0.1) is 0 Å². The molecule has 0 aromatic heterocycles. The largest absolute Gasteiger partial charge is 0.480 e. The van der Waals surface area contributed by atoms with E-state index in [0.29, 0.717) is 5.30 Å². The third-order valence-electron chi connectivity index (χ3n) is 2.65. The lowest BCUT2D eigenvalue weighted by Crippen LogP contribution is -2.41. The molecular weight excluding hydrogens is 265 g/mol. The molecule has 0 saturated carbocycles. The first-order valence-corrected chi connectivity index (χ1v) is 7.84. The minimum absolute atomic E-state index is 0.199. The summed E-state index contributed by atoms with van der Waals surface area (Å²) in [6.45, 7) is 5.48. The highest BCUT2D eigenvalue weighted by atomic mass is 31.2. The van der Waals surface area contributed by atoms with Gasteiger partial charge in [0.25, 0.3) is 7.52 Å². The second-order valence-electron chi connectivity index (χ2n) is 4.49. The number of aliphatic carboxylic acids is 1. The van der Waals surface area contributed by atoms with Gasteiger partial charge in [-0.25, -0.2) is 5.09 Å². The SMILES string of the molecule is CCOP(=O)(N[C@H](C(=O)O)C(C)C)c1ccccc1. The quantitative estimate of drug-likeness (QED) is 0.751. The Hall–Kier alpha value is -1.16. The molecule has 1 rings (SSSR count). The van der Waals surface area contributed by atoms with Gasteiger partial charge in [-0.2, -0.15) is 0 Å². The smallest absolute Gasteiger partial charge is 0.321 e. The van der Waals surface area contributed by atoms with Crippen molar-refractivity contribution in [2.75, 3.05) is 6.61 Å². The molecule has 2 atom stereocenters. The topological polar surface area (TPSA) is 75.6 Å². The van der Waals surface area contributed by atoms with Gasteiger partial charge in [0.15, 0.2) is 0 Å². The molecule has 0 aliphatic heterocycles. The van der Waals surface area contributed by atoms with E-state index in [4.69, 9.17) is 4.52 Å². The summed E-state index contributed by atoms with van der Waals surface area (Å²) in [4.78, 5) is 11.2. The molecule has 0 aliphatic carbocycles. The van der Waals surface area contributed by atoms with E-state index in [1.54, 1.807) is 51.1 Å². The normalized spacial score (nSPS) is 16.0. The average Bonchev–Trinajstić information content (AvgIpc) is 2.37. The molecule has 0 bridgehead atoms. The van der Waals surface area contributed by atoms with Crippen molar-refractivity contribution in [1.82, 2.24) is 5.09 Å². The fraction of sp³-hybridized carbons (Fsp3) is 0.462. The van der Waals surface area contributed by atoms with Crippen molar-refractivity contribution in [3.05, 3.63) is 30.3 Å². The van der Waals surface area contributed by atoms with Gasteiger partial charge in [-0.3, -0.25) is 9.36 Å². The van der Waals surface area contributed by atoms with Crippen LogP contribution in [0.4, 0.5) is 0 Å². The summed E-state index contributed by atoms with van der Waals surface area (Å²) in [6.07, 6.45) is 0. The first-order chi connectivity index (χ1) is 8.90. The monoisotopic (exact) mass is 285 g/mol. The van der Waals surface area contributed by atoms with Gasteiger partial charge >= 0.3 is 5.97 Å². The highest BCUT2D eigenvalue weighted by molar-refractivity contribution is 7.65. The van der Waals surface area contributed by atoms with Crippen LogP contribution in [0.5, 0.6) is 0 Å². The van der Waals surface area contributed by atoms with Gasteiger partial charge in [0.1, 0.15) is 6.04 Å². The molecule has 0 aliphatic rings. The summed E-state index contributed by atoms with van der Waals surface area (Å²) in [6, 6.07) is 7.71. The Balaban J connectivity index is 3.07. The number of benzene rings is 1. The van der Waals surface area contributed by atoms with Crippen LogP contribution in [-0.2, 0) is 13.9 Å². The standard InChI is InChI=1S/C13H20NO4P/c1-4-18-19(17,11-8-6-5-7-9-11)14-12(10(2)3)13(15)16/h5-10,12H,4H2,1-3H3,(H,14,17)(H,15,16)/t12-,19?/m0/s1. The molecule has 0 spiro atoms. The van der Waals surface area contributed by atoms with E-state index >= 15 is 0 Å². The van der Waals surface area contributed by atoms with Crippen LogP contribution in [0.15, 0.2) is 30.3 Å². The van der Waals surface area contributed by atoms with Crippen molar-refractivity contribution >= 4 is 18.8 Å². The lowest BCUT2D eigenvalue weighted by molar-refractivity contribution is -0.140. The fourth-order valence-electron chi connectivity index (χ4n) is 1.66. The molecule has 0 fully saturated rings. The molecule has 6 heteroatoms. The zero-order valence-electron chi connectivity index (χ0n) is 11.4. The summed E-state index contributed by atoms with van der Waals surface area (Å²) in [5, 5.41) is 12.3. The van der Waals surface area contributed by atoms with E-state index < -0.39 is 19.5 Å². The number of nitrogens with one attached hydrogen (secondary N) is 1. The molecule has 1 aromatic carbocycles. The Kier molecular flexibility index (Phi) is 5.73. The third kappa shape index (κ3) is 4.16. The maximum absolute atomic E-state index is 12.8. The van der Waals surface area contributed by atoms with E-state index in [2.05, 4.69) is 5.09 Å². The Bertz CT molecular complexity index is 461. The lowest BCUT2D eigenvalue weighted by atomic mass is 10.1. The minimum Gasteiger partial charge on any atom is -0.480 e. The number of hydrogen-bond acceptors (Lipinski definition) is 3. The molecule has 2 N–H and O–H groups in total. The Labute approximate surface area is 113 Å². The van der Waals surface area contributed by atoms with Crippen LogP contribution in [-0.4, -0.2) is 23.7 Å². The molecular formula is C13H20NO4P. The highest BCUT2D eigenvalue weighted by Crippen LogP contribution is 2.42. The van der Waals surface area contributed by atoms with Crippen molar-refractivity contribution in [3.8, 4) is 0 Å². The fourth-order valence-corrected chi connectivity index (χ4v) is 3.74. The first-order valence-electron chi connectivity index (χ1n) is 6.21. The molecule has 1 unspecified atom stereocenters. The van der Waals surface area contributed by atoms with Crippen LogP contribution in [0.2, 0.25) is 0 Å². The second kappa shape index (κ2) is 6.85. The zero-order chi connectivity index (χ0) is 14.5. The Morgan fingerprint density at radius 1 is 1.37 bits per heavy atom. The number of carboxylic acid groups (broad SMARTS) is 1. The maximum Gasteiger partial charge on any atom is 0.321 e. The number of carboxylic acids is 1. The van der Waals surface area contributed by atoms with E-state index in [-0.39, 0.29) is 12.5 Å². The molecule has 1 aromatic rings.